The van der Waals surface area contributed by atoms with Crippen LogP contribution in [0.2, 0.25) is 0 Å². The average Bonchev–Trinajstić information content (AvgIpc) is 3.70. The quantitative estimate of drug-likeness (QED) is 0.373. The Balaban J connectivity index is 1.01. The second-order valence-corrected chi connectivity index (χ2v) is 9.79. The second kappa shape index (κ2) is 11.6. The third-order valence-corrected chi connectivity index (χ3v) is 7.18. The van der Waals surface area contributed by atoms with E-state index in [-0.39, 0.29) is 11.7 Å². The monoisotopic (exact) mass is 501 g/mol. The summed E-state index contributed by atoms with van der Waals surface area (Å²) in [5.41, 5.74) is 2.90. The molecule has 0 radical (unpaired) electrons. The summed E-state index contributed by atoms with van der Waals surface area (Å²) < 4.78 is 13.1. The van der Waals surface area contributed by atoms with Gasteiger partial charge in [-0.2, -0.15) is 0 Å². The number of benzene rings is 2. The molecule has 0 spiro atoms. The number of aliphatic imine (C=N–C) groups is 1. The van der Waals surface area contributed by atoms with E-state index in [4.69, 9.17) is 4.84 Å². The van der Waals surface area contributed by atoms with E-state index in [0.717, 1.165) is 39.0 Å². The molecule has 2 aliphatic rings. The summed E-state index contributed by atoms with van der Waals surface area (Å²) >= 11 is 0. The second-order valence-electron chi connectivity index (χ2n) is 9.79. The number of amides is 1. The summed E-state index contributed by atoms with van der Waals surface area (Å²) in [7, 11) is 0. The third-order valence-electron chi connectivity index (χ3n) is 7.18. The van der Waals surface area contributed by atoms with Crippen LogP contribution in [0.3, 0.4) is 0 Å². The zero-order valence-corrected chi connectivity index (χ0v) is 20.8. The van der Waals surface area contributed by atoms with Gasteiger partial charge in [0.2, 0.25) is 5.88 Å². The molecule has 1 saturated carbocycles. The van der Waals surface area contributed by atoms with Crippen molar-refractivity contribution in [3.8, 4) is 5.88 Å². The molecule has 2 fully saturated rings. The number of anilines is 1. The van der Waals surface area contributed by atoms with Gasteiger partial charge in [0.1, 0.15) is 5.82 Å². The van der Waals surface area contributed by atoms with E-state index in [9.17, 15) is 9.18 Å². The Hall–Kier alpha value is -3.62. The Bertz CT molecular complexity index is 1210. The van der Waals surface area contributed by atoms with Crippen molar-refractivity contribution < 1.29 is 14.0 Å². The van der Waals surface area contributed by atoms with Gasteiger partial charge in [-0.25, -0.2) is 9.37 Å². The van der Waals surface area contributed by atoms with Crippen LogP contribution < -0.4 is 15.5 Å². The smallest absolute Gasteiger partial charge is 0.257 e. The number of nitrogens with zero attached hydrogens (tertiary/aromatic N) is 3. The first kappa shape index (κ1) is 25.0. The number of para-hydroxylation sites is 2. The van der Waals surface area contributed by atoms with Crippen LogP contribution in [0.5, 0.6) is 5.88 Å². The Labute approximate surface area is 216 Å². The third kappa shape index (κ3) is 6.58. The van der Waals surface area contributed by atoms with E-state index in [1.165, 1.54) is 18.2 Å². The number of hydrogen-bond acceptors (Lipinski definition) is 6. The number of rotatable bonds is 10. The number of carbonyl (C=O) groups is 1. The summed E-state index contributed by atoms with van der Waals surface area (Å²) in [5, 5.41) is 8.42. The topological polar surface area (TPSA) is 78.8 Å². The zero-order chi connectivity index (χ0) is 25.6. The number of halogens is 1. The number of pyridine rings is 1. The molecule has 2 atom stereocenters. The van der Waals surface area contributed by atoms with E-state index in [1.54, 1.807) is 36.4 Å². The Morgan fingerprint density at radius 3 is 2.59 bits per heavy atom. The van der Waals surface area contributed by atoms with Gasteiger partial charge in [-0.1, -0.05) is 24.3 Å². The Morgan fingerprint density at radius 2 is 1.86 bits per heavy atom. The molecule has 1 amide bonds. The van der Waals surface area contributed by atoms with Crippen LogP contribution in [0.15, 0.2) is 71.9 Å². The summed E-state index contributed by atoms with van der Waals surface area (Å²) in [6.45, 7) is 7.23. The van der Waals surface area contributed by atoms with E-state index in [0.29, 0.717) is 40.6 Å². The number of hydroxylamine groups is 2. The number of piperidine rings is 1. The molecule has 1 aromatic heterocycles. The van der Waals surface area contributed by atoms with E-state index < -0.39 is 0 Å². The van der Waals surface area contributed by atoms with Gasteiger partial charge >= 0.3 is 0 Å². The maximum Gasteiger partial charge on any atom is 0.257 e. The minimum Gasteiger partial charge on any atom is -0.386 e. The Kier molecular flexibility index (Phi) is 7.87. The molecular weight excluding hydrogens is 469 g/mol. The molecule has 37 heavy (non-hydrogen) atoms. The van der Waals surface area contributed by atoms with Gasteiger partial charge in [0.05, 0.1) is 16.9 Å². The van der Waals surface area contributed by atoms with Gasteiger partial charge in [0, 0.05) is 25.4 Å². The predicted molar refractivity (Wildman–Crippen MR) is 143 cm³/mol. The lowest BCUT2D eigenvalue weighted by molar-refractivity contribution is -0.0849. The molecule has 192 valence electrons. The largest absolute Gasteiger partial charge is 0.386 e. The zero-order valence-electron chi connectivity index (χ0n) is 20.8. The van der Waals surface area contributed by atoms with Crippen LogP contribution in [0.4, 0.5) is 15.8 Å². The van der Waals surface area contributed by atoms with Crippen molar-refractivity contribution >= 4 is 24.0 Å². The van der Waals surface area contributed by atoms with Crippen LogP contribution in [0.1, 0.15) is 41.1 Å². The fourth-order valence-corrected chi connectivity index (χ4v) is 4.88. The molecule has 1 aliphatic heterocycles. The lowest BCUT2D eigenvalue weighted by Crippen LogP contribution is -2.39. The molecule has 5 rings (SSSR count). The maximum absolute atomic E-state index is 13.1. The molecule has 1 saturated heterocycles. The number of aromatic nitrogens is 1. The fraction of sp³-hybridized carbons (Fsp3) is 0.345. The van der Waals surface area contributed by atoms with Crippen molar-refractivity contribution in [2.24, 2.45) is 16.8 Å². The molecule has 3 aromatic rings. The molecule has 7 nitrogen and oxygen atoms in total. The molecular formula is C29H32FN5O2. The van der Waals surface area contributed by atoms with Gasteiger partial charge < -0.3 is 15.5 Å². The molecule has 2 unspecified atom stereocenters. The van der Waals surface area contributed by atoms with Gasteiger partial charge in [-0.3, -0.25) is 9.79 Å². The molecule has 1 aliphatic carbocycles. The lowest BCUT2D eigenvalue weighted by Gasteiger charge is -2.31. The van der Waals surface area contributed by atoms with Crippen LogP contribution in [0, 0.1) is 17.7 Å². The first-order valence-electron chi connectivity index (χ1n) is 12.8. The number of nitrogens with one attached hydrogen (secondary N) is 2. The molecule has 8 heteroatoms. The summed E-state index contributed by atoms with van der Waals surface area (Å²) in [5.74, 6) is 1.87. The van der Waals surface area contributed by atoms with E-state index in [1.807, 2.05) is 29.3 Å². The fourth-order valence-electron chi connectivity index (χ4n) is 4.88. The normalized spacial score (nSPS) is 19.8. The average molecular weight is 502 g/mol. The van der Waals surface area contributed by atoms with Crippen LogP contribution >= 0.6 is 0 Å². The summed E-state index contributed by atoms with van der Waals surface area (Å²) in [4.78, 5) is 26.7. The van der Waals surface area contributed by atoms with E-state index in [2.05, 4.69) is 27.3 Å². The summed E-state index contributed by atoms with van der Waals surface area (Å²) in [6.07, 6.45) is 4.80. The van der Waals surface area contributed by atoms with Crippen LogP contribution in [-0.2, 0) is 0 Å². The van der Waals surface area contributed by atoms with Crippen molar-refractivity contribution in [2.75, 3.05) is 31.5 Å². The summed E-state index contributed by atoms with van der Waals surface area (Å²) in [6, 6.07) is 17.6. The Morgan fingerprint density at radius 1 is 1.08 bits per heavy atom. The predicted octanol–water partition coefficient (Wildman–Crippen LogP) is 5.20. The highest BCUT2D eigenvalue weighted by atomic mass is 19.1. The standard InChI is InChI=1S/C29H32FN5O2/c1-31-26-4-2-3-5-27(26)34-29(36)22-8-11-28(33-19-22)37-35-14-12-20(13-15-35)17-32-18-23-16-25(23)21-6-9-24(30)10-7-21/h2-11,19-20,23,25,32H,1,12-18H2,(H,34,36). The van der Waals surface area contributed by atoms with Crippen molar-refractivity contribution in [2.45, 2.75) is 25.2 Å². The van der Waals surface area contributed by atoms with Gasteiger partial charge in [-0.15, -0.1) is 5.06 Å². The molecule has 0 bridgehead atoms. The van der Waals surface area contributed by atoms with Gasteiger partial charge in [-0.05, 0) is 92.7 Å². The lowest BCUT2D eigenvalue weighted by atomic mass is 9.98. The van der Waals surface area contributed by atoms with Crippen molar-refractivity contribution in [3.05, 3.63) is 83.8 Å². The van der Waals surface area contributed by atoms with Crippen LogP contribution in [0.25, 0.3) is 0 Å². The van der Waals surface area contributed by atoms with Crippen LogP contribution in [-0.4, -0.2) is 48.9 Å². The van der Waals surface area contributed by atoms with Crippen molar-refractivity contribution in [1.82, 2.24) is 15.4 Å². The number of hydrogen-bond donors (Lipinski definition) is 2. The minimum atomic E-state index is -0.265. The van der Waals surface area contributed by atoms with E-state index >= 15 is 0 Å². The van der Waals surface area contributed by atoms with Crippen molar-refractivity contribution in [3.63, 3.8) is 0 Å². The van der Waals surface area contributed by atoms with Gasteiger partial charge in [0.25, 0.3) is 5.91 Å². The molecule has 2 N–H and O–H groups in total. The first-order chi connectivity index (χ1) is 18.1. The minimum absolute atomic E-state index is 0.172. The van der Waals surface area contributed by atoms with Gasteiger partial charge in [0.15, 0.2) is 0 Å². The maximum atomic E-state index is 13.1. The van der Waals surface area contributed by atoms with Crippen molar-refractivity contribution in [1.29, 1.82) is 0 Å². The molecule has 2 heterocycles. The highest BCUT2D eigenvalue weighted by molar-refractivity contribution is 6.05. The highest BCUT2D eigenvalue weighted by Gasteiger charge is 2.37. The SMILES string of the molecule is C=Nc1ccccc1NC(=O)c1ccc(ON2CCC(CNCC3CC3c3ccc(F)cc3)CC2)nc1. The first-order valence-corrected chi connectivity index (χ1v) is 12.8. The number of carbonyl (C=O) groups excluding carboxylic acids is 1. The highest BCUT2D eigenvalue weighted by Crippen LogP contribution is 2.46. The molecule has 2 aromatic carbocycles.